The Bertz CT molecular complexity index is 904. The van der Waals surface area contributed by atoms with Crippen molar-refractivity contribution in [3.05, 3.63) is 76.5 Å². The van der Waals surface area contributed by atoms with Gasteiger partial charge in [0.1, 0.15) is 12.8 Å². The lowest BCUT2D eigenvalue weighted by Gasteiger charge is -2.12. The normalized spacial score (nSPS) is 10.5. The molecule has 1 aromatic carbocycles. The van der Waals surface area contributed by atoms with Crippen LogP contribution in [0.15, 0.2) is 59.5 Å². The fourth-order valence-electron chi connectivity index (χ4n) is 2.35. The van der Waals surface area contributed by atoms with E-state index in [1.165, 1.54) is 7.11 Å². The van der Waals surface area contributed by atoms with Gasteiger partial charge in [0.05, 0.1) is 17.6 Å². The summed E-state index contributed by atoms with van der Waals surface area (Å²) in [4.78, 5) is 34.0. The predicted octanol–water partition coefficient (Wildman–Crippen LogP) is 1.38. The van der Waals surface area contributed by atoms with Crippen LogP contribution in [0.2, 0.25) is 0 Å². The van der Waals surface area contributed by atoms with Gasteiger partial charge >= 0.3 is 0 Å². The molecule has 3 rings (SSSR count). The first-order chi connectivity index (χ1) is 11.2. The van der Waals surface area contributed by atoms with Gasteiger partial charge < -0.3 is 10.2 Å². The average Bonchev–Trinajstić information content (AvgIpc) is 2.60. The Labute approximate surface area is 132 Å². The molecular formula is C17H15N3O3. The van der Waals surface area contributed by atoms with E-state index in [-0.39, 0.29) is 17.8 Å². The van der Waals surface area contributed by atoms with Crippen molar-refractivity contribution < 1.29 is 9.63 Å². The summed E-state index contributed by atoms with van der Waals surface area (Å²) in [5.41, 5.74) is 0.508. The van der Waals surface area contributed by atoms with Crippen LogP contribution in [0.1, 0.15) is 16.2 Å². The van der Waals surface area contributed by atoms with Crippen LogP contribution in [0.5, 0.6) is 0 Å². The number of pyridine rings is 2. The maximum absolute atomic E-state index is 12.4. The second-order valence-corrected chi connectivity index (χ2v) is 4.90. The molecule has 0 saturated heterocycles. The topological polar surface area (TPSA) is 73.2 Å². The van der Waals surface area contributed by atoms with E-state index in [0.29, 0.717) is 10.8 Å². The molecule has 1 amide bonds. The Hall–Kier alpha value is -3.15. The number of amides is 1. The molecular weight excluding hydrogens is 294 g/mol. The van der Waals surface area contributed by atoms with E-state index in [4.69, 9.17) is 4.84 Å². The van der Waals surface area contributed by atoms with Crippen molar-refractivity contribution in [2.75, 3.05) is 7.11 Å². The molecule has 0 aliphatic carbocycles. The molecule has 0 saturated carbocycles. The van der Waals surface area contributed by atoms with Crippen molar-refractivity contribution in [2.24, 2.45) is 0 Å². The zero-order valence-electron chi connectivity index (χ0n) is 12.5. The summed E-state index contributed by atoms with van der Waals surface area (Å²) < 4.78 is 0.996. The van der Waals surface area contributed by atoms with Crippen LogP contribution in [0.25, 0.3) is 10.8 Å². The van der Waals surface area contributed by atoms with Gasteiger partial charge in [0, 0.05) is 6.20 Å². The van der Waals surface area contributed by atoms with Crippen molar-refractivity contribution in [2.45, 2.75) is 6.54 Å². The Morgan fingerprint density at radius 3 is 2.74 bits per heavy atom. The lowest BCUT2D eigenvalue weighted by atomic mass is 10.1. The number of aromatic nitrogens is 2. The first-order valence-electron chi connectivity index (χ1n) is 7.08. The third-order valence-electron chi connectivity index (χ3n) is 3.46. The largest absolute Gasteiger partial charge is 0.413 e. The number of benzene rings is 1. The van der Waals surface area contributed by atoms with Crippen molar-refractivity contribution >= 4 is 16.7 Å². The van der Waals surface area contributed by atoms with E-state index in [1.54, 1.807) is 36.5 Å². The minimum Gasteiger partial charge on any atom is -0.413 e. The smallest absolute Gasteiger partial charge is 0.291 e. The van der Waals surface area contributed by atoms with Crippen LogP contribution in [-0.4, -0.2) is 22.7 Å². The highest BCUT2D eigenvalue weighted by atomic mass is 16.6. The van der Waals surface area contributed by atoms with Gasteiger partial charge in [0.15, 0.2) is 0 Å². The van der Waals surface area contributed by atoms with E-state index < -0.39 is 5.91 Å². The van der Waals surface area contributed by atoms with Crippen LogP contribution in [0, 0.1) is 0 Å². The summed E-state index contributed by atoms with van der Waals surface area (Å²) in [6.45, 7) is 0.268. The highest BCUT2D eigenvalue weighted by Gasteiger charge is 2.16. The quantitative estimate of drug-likeness (QED) is 0.790. The number of carbonyl (C=O) groups excluding carboxylic acids is 1. The van der Waals surface area contributed by atoms with E-state index in [0.717, 1.165) is 10.4 Å². The first kappa shape index (κ1) is 14.8. The van der Waals surface area contributed by atoms with Gasteiger partial charge in [0.2, 0.25) is 0 Å². The number of hydrogen-bond donors (Lipinski definition) is 1. The van der Waals surface area contributed by atoms with Gasteiger partial charge in [-0.25, -0.2) is 0 Å². The van der Waals surface area contributed by atoms with Crippen LogP contribution < -0.4 is 15.7 Å². The molecule has 0 aliphatic rings. The minimum atomic E-state index is -0.402. The maximum atomic E-state index is 12.4. The van der Waals surface area contributed by atoms with Crippen LogP contribution in [0.4, 0.5) is 0 Å². The third-order valence-corrected chi connectivity index (χ3v) is 3.46. The fraction of sp³-hybridized carbons (Fsp3) is 0.118. The minimum absolute atomic E-state index is 0.145. The summed E-state index contributed by atoms with van der Waals surface area (Å²) in [5.74, 6) is -0.402. The number of rotatable bonds is 4. The molecule has 0 aliphatic heterocycles. The van der Waals surface area contributed by atoms with E-state index in [1.807, 2.05) is 18.2 Å². The van der Waals surface area contributed by atoms with Gasteiger partial charge in [-0.1, -0.05) is 24.3 Å². The Balaban J connectivity index is 1.95. The van der Waals surface area contributed by atoms with Crippen molar-refractivity contribution in [1.29, 1.82) is 0 Å². The maximum Gasteiger partial charge on any atom is 0.291 e. The molecule has 6 heteroatoms. The average molecular weight is 309 g/mol. The highest BCUT2D eigenvalue weighted by molar-refractivity contribution is 5.96. The Kier molecular flexibility index (Phi) is 4.05. The number of carbonyl (C=O) groups is 1. The van der Waals surface area contributed by atoms with Gasteiger partial charge in [-0.05, 0) is 29.7 Å². The number of fused-ring (bicyclic) bond motifs is 1. The highest BCUT2D eigenvalue weighted by Crippen LogP contribution is 2.11. The van der Waals surface area contributed by atoms with E-state index in [9.17, 15) is 9.59 Å². The molecule has 2 heterocycles. The molecule has 0 fully saturated rings. The summed E-state index contributed by atoms with van der Waals surface area (Å²) in [6.07, 6.45) is 1.66. The van der Waals surface area contributed by atoms with Gasteiger partial charge in [-0.2, -0.15) is 0 Å². The molecule has 0 radical (unpaired) electrons. The van der Waals surface area contributed by atoms with Crippen LogP contribution in [-0.2, 0) is 6.54 Å². The molecule has 116 valence electrons. The Morgan fingerprint density at radius 1 is 1.22 bits per heavy atom. The number of nitrogens with zero attached hydrogens (tertiary/aromatic N) is 2. The molecule has 3 aromatic rings. The lowest BCUT2D eigenvalue weighted by Crippen LogP contribution is -2.34. The molecule has 0 bridgehead atoms. The third kappa shape index (κ3) is 2.91. The molecule has 6 nitrogen and oxygen atoms in total. The standard InChI is InChI=1S/C17H15N3O3/c1-23-20-15(10-12-6-2-3-8-14(12)17(20)22)16(21)19-11-13-7-4-5-9-18-13/h2-10H,11H2,1H3,(H,19,21). The van der Waals surface area contributed by atoms with Crippen molar-refractivity contribution in [3.8, 4) is 0 Å². The second-order valence-electron chi connectivity index (χ2n) is 4.90. The van der Waals surface area contributed by atoms with Crippen molar-refractivity contribution in [1.82, 2.24) is 15.0 Å². The van der Waals surface area contributed by atoms with Crippen molar-refractivity contribution in [3.63, 3.8) is 0 Å². The predicted molar refractivity (Wildman–Crippen MR) is 86.1 cm³/mol. The van der Waals surface area contributed by atoms with E-state index >= 15 is 0 Å². The van der Waals surface area contributed by atoms with Gasteiger partial charge in [-0.15, -0.1) is 4.73 Å². The van der Waals surface area contributed by atoms with Gasteiger partial charge in [0.25, 0.3) is 11.5 Å². The molecule has 1 N–H and O–H groups in total. The van der Waals surface area contributed by atoms with Gasteiger partial charge in [-0.3, -0.25) is 14.6 Å². The SMILES string of the molecule is COn1c(C(=O)NCc2ccccn2)cc2ccccc2c1=O. The number of hydrogen-bond acceptors (Lipinski definition) is 4. The Morgan fingerprint density at radius 2 is 2.00 bits per heavy atom. The monoisotopic (exact) mass is 309 g/mol. The summed E-state index contributed by atoms with van der Waals surface area (Å²) in [5, 5.41) is 3.93. The van der Waals surface area contributed by atoms with Crippen LogP contribution in [0.3, 0.4) is 0 Å². The summed E-state index contributed by atoms with van der Waals surface area (Å²) in [6, 6.07) is 14.2. The number of nitrogens with one attached hydrogen (secondary N) is 1. The first-order valence-corrected chi connectivity index (χ1v) is 7.08. The second kappa shape index (κ2) is 6.31. The zero-order valence-corrected chi connectivity index (χ0v) is 12.5. The summed E-state index contributed by atoms with van der Waals surface area (Å²) >= 11 is 0. The molecule has 2 aromatic heterocycles. The molecule has 0 atom stereocenters. The molecule has 23 heavy (non-hydrogen) atoms. The fourth-order valence-corrected chi connectivity index (χ4v) is 2.35. The van der Waals surface area contributed by atoms with Crippen LogP contribution >= 0.6 is 0 Å². The molecule has 0 unspecified atom stereocenters. The lowest BCUT2D eigenvalue weighted by molar-refractivity contribution is 0.0881. The zero-order chi connectivity index (χ0) is 16.2. The van der Waals surface area contributed by atoms with E-state index in [2.05, 4.69) is 10.3 Å². The molecule has 0 spiro atoms. The summed E-state index contributed by atoms with van der Waals surface area (Å²) in [7, 11) is 1.35.